The molecule has 30 heavy (non-hydrogen) atoms. The van der Waals surface area contributed by atoms with Gasteiger partial charge in [-0.15, -0.1) is 0 Å². The summed E-state index contributed by atoms with van der Waals surface area (Å²) in [5.41, 5.74) is 6.67. The van der Waals surface area contributed by atoms with Gasteiger partial charge in [-0.1, -0.05) is 48.5 Å². The second-order valence-corrected chi connectivity index (χ2v) is 7.83. The fraction of sp³-hybridized carbons (Fsp3) is 0.280. The van der Waals surface area contributed by atoms with Crippen molar-refractivity contribution in [2.45, 2.75) is 26.4 Å². The van der Waals surface area contributed by atoms with Crippen molar-refractivity contribution in [3.8, 4) is 5.75 Å². The molecule has 1 amide bonds. The van der Waals surface area contributed by atoms with Crippen molar-refractivity contribution in [3.05, 3.63) is 77.9 Å². The molecule has 0 spiro atoms. The smallest absolute Gasteiger partial charge is 0.313 e. The Morgan fingerprint density at radius 2 is 1.70 bits per heavy atom. The van der Waals surface area contributed by atoms with Crippen molar-refractivity contribution in [2.24, 2.45) is 17.1 Å². The van der Waals surface area contributed by atoms with Crippen LogP contribution in [-0.2, 0) is 27.4 Å². The minimum absolute atomic E-state index is 0.285. The number of primary amides is 1. The van der Waals surface area contributed by atoms with Crippen LogP contribution in [0.3, 0.4) is 0 Å². The van der Waals surface area contributed by atoms with Gasteiger partial charge >= 0.3 is 5.97 Å². The van der Waals surface area contributed by atoms with Crippen LogP contribution >= 0.6 is 0 Å². The molecular formula is C25H25NO4. The van der Waals surface area contributed by atoms with Crippen LogP contribution in [0.2, 0.25) is 0 Å². The van der Waals surface area contributed by atoms with Gasteiger partial charge in [-0.2, -0.15) is 0 Å². The Labute approximate surface area is 175 Å². The number of esters is 1. The molecule has 3 aromatic carbocycles. The average molecular weight is 403 g/mol. The highest BCUT2D eigenvalue weighted by Gasteiger charge is 2.63. The van der Waals surface area contributed by atoms with E-state index in [2.05, 4.69) is 30.3 Å². The number of amides is 1. The molecule has 0 aliphatic heterocycles. The molecule has 0 radical (unpaired) electrons. The maximum atomic E-state index is 12.4. The molecule has 0 aromatic heterocycles. The van der Waals surface area contributed by atoms with Crippen LogP contribution in [0.4, 0.5) is 0 Å². The van der Waals surface area contributed by atoms with Crippen LogP contribution in [0.5, 0.6) is 5.75 Å². The van der Waals surface area contributed by atoms with Crippen molar-refractivity contribution in [3.63, 3.8) is 0 Å². The highest BCUT2D eigenvalue weighted by Crippen LogP contribution is 2.55. The fourth-order valence-corrected chi connectivity index (χ4v) is 4.01. The zero-order valence-electron chi connectivity index (χ0n) is 17.0. The number of hydrogen-bond donors (Lipinski definition) is 1. The third kappa shape index (κ3) is 4.01. The standard InChI is InChI=1S/C25H25NO4/c1-2-29-24(28)25(15-22(25)23(26)27)14-17-8-11-21(12-9-17)30-16-18-7-10-19-5-3-4-6-20(19)13-18/h3-13,22H,2,14-16H2,1H3,(H2,26,27). The van der Waals surface area contributed by atoms with Gasteiger partial charge in [0.2, 0.25) is 5.91 Å². The van der Waals surface area contributed by atoms with E-state index in [-0.39, 0.29) is 12.6 Å². The Morgan fingerprint density at radius 3 is 2.37 bits per heavy atom. The summed E-state index contributed by atoms with van der Waals surface area (Å²) in [6, 6.07) is 22.1. The quantitative estimate of drug-likeness (QED) is 0.576. The monoisotopic (exact) mass is 403 g/mol. The maximum Gasteiger partial charge on any atom is 0.313 e. The van der Waals surface area contributed by atoms with Crippen LogP contribution in [0.15, 0.2) is 66.7 Å². The second-order valence-electron chi connectivity index (χ2n) is 7.83. The van der Waals surface area contributed by atoms with Crippen LogP contribution in [0, 0.1) is 11.3 Å². The Balaban J connectivity index is 1.41. The summed E-state index contributed by atoms with van der Waals surface area (Å²) in [7, 11) is 0. The molecule has 2 unspecified atom stereocenters. The first-order chi connectivity index (χ1) is 14.5. The molecule has 1 aliphatic rings. The molecule has 0 saturated heterocycles. The highest BCUT2D eigenvalue weighted by atomic mass is 16.5. The minimum Gasteiger partial charge on any atom is -0.489 e. The molecule has 0 bridgehead atoms. The van der Waals surface area contributed by atoms with E-state index >= 15 is 0 Å². The lowest BCUT2D eigenvalue weighted by Gasteiger charge is -2.16. The maximum absolute atomic E-state index is 12.4. The van der Waals surface area contributed by atoms with Gasteiger partial charge in [0, 0.05) is 0 Å². The van der Waals surface area contributed by atoms with Crippen LogP contribution in [0.25, 0.3) is 10.8 Å². The number of hydrogen-bond acceptors (Lipinski definition) is 4. The first-order valence-electron chi connectivity index (χ1n) is 10.2. The van der Waals surface area contributed by atoms with E-state index in [0.717, 1.165) is 16.9 Å². The first kappa shape index (κ1) is 20.0. The van der Waals surface area contributed by atoms with Crippen molar-refractivity contribution in [1.82, 2.24) is 0 Å². The summed E-state index contributed by atoms with van der Waals surface area (Å²) in [6.45, 7) is 2.52. The van der Waals surface area contributed by atoms with Gasteiger partial charge in [0.1, 0.15) is 12.4 Å². The van der Waals surface area contributed by atoms with Gasteiger partial charge in [-0.25, -0.2) is 0 Å². The number of carbonyl (C=O) groups excluding carboxylic acids is 2. The lowest BCUT2D eigenvalue weighted by molar-refractivity contribution is -0.151. The van der Waals surface area contributed by atoms with Gasteiger partial charge in [0.05, 0.1) is 17.9 Å². The van der Waals surface area contributed by atoms with E-state index in [0.29, 0.717) is 19.4 Å². The summed E-state index contributed by atoms with van der Waals surface area (Å²) in [5, 5.41) is 2.39. The normalized spacial score (nSPS) is 20.0. The fourth-order valence-electron chi connectivity index (χ4n) is 4.01. The molecule has 2 N–H and O–H groups in total. The molecular weight excluding hydrogens is 378 g/mol. The predicted octanol–water partition coefficient (Wildman–Crippen LogP) is 4.02. The molecule has 3 aromatic rings. The van der Waals surface area contributed by atoms with Crippen LogP contribution < -0.4 is 10.5 Å². The number of carbonyl (C=O) groups is 2. The lowest BCUT2D eigenvalue weighted by Crippen LogP contribution is -2.28. The van der Waals surface area contributed by atoms with Gasteiger partial charge in [0.15, 0.2) is 0 Å². The number of fused-ring (bicyclic) bond motifs is 1. The van der Waals surface area contributed by atoms with Crippen molar-refractivity contribution < 1.29 is 19.1 Å². The highest BCUT2D eigenvalue weighted by molar-refractivity contribution is 5.93. The topological polar surface area (TPSA) is 78.6 Å². The van der Waals surface area contributed by atoms with E-state index < -0.39 is 17.2 Å². The molecule has 4 rings (SSSR count). The summed E-state index contributed by atoms with van der Waals surface area (Å²) < 4.78 is 11.1. The third-order valence-electron chi connectivity index (χ3n) is 5.76. The largest absolute Gasteiger partial charge is 0.489 e. The summed E-state index contributed by atoms with van der Waals surface area (Å²) in [6.07, 6.45) is 0.881. The second kappa shape index (κ2) is 8.19. The van der Waals surface area contributed by atoms with E-state index in [9.17, 15) is 9.59 Å². The van der Waals surface area contributed by atoms with Gasteiger partial charge in [0.25, 0.3) is 0 Å². The summed E-state index contributed by atoms with van der Waals surface area (Å²) in [4.78, 5) is 24.0. The Hall–Kier alpha value is -3.34. The van der Waals surface area contributed by atoms with E-state index in [1.807, 2.05) is 36.4 Å². The minimum atomic E-state index is -0.824. The molecule has 154 valence electrons. The molecule has 1 saturated carbocycles. The van der Waals surface area contributed by atoms with Gasteiger partial charge < -0.3 is 15.2 Å². The number of ether oxygens (including phenoxy) is 2. The SMILES string of the molecule is CCOC(=O)C1(Cc2ccc(OCc3ccc4ccccc4c3)cc2)CC1C(N)=O. The Bertz CT molecular complexity index is 1080. The van der Waals surface area contributed by atoms with Gasteiger partial charge in [-0.3, -0.25) is 9.59 Å². The number of nitrogens with two attached hydrogens (primary N) is 1. The Kier molecular flexibility index (Phi) is 5.44. The van der Waals surface area contributed by atoms with E-state index in [1.165, 1.54) is 10.8 Å². The predicted molar refractivity (Wildman–Crippen MR) is 115 cm³/mol. The molecule has 0 heterocycles. The third-order valence-corrected chi connectivity index (χ3v) is 5.76. The van der Waals surface area contributed by atoms with E-state index in [1.54, 1.807) is 6.92 Å². The van der Waals surface area contributed by atoms with Crippen LogP contribution in [0.1, 0.15) is 24.5 Å². The Morgan fingerprint density at radius 1 is 1.00 bits per heavy atom. The first-order valence-corrected chi connectivity index (χ1v) is 10.2. The van der Waals surface area contributed by atoms with Crippen molar-refractivity contribution in [1.29, 1.82) is 0 Å². The van der Waals surface area contributed by atoms with Crippen LogP contribution in [-0.4, -0.2) is 18.5 Å². The molecule has 1 aliphatic carbocycles. The lowest BCUT2D eigenvalue weighted by atomic mass is 9.93. The zero-order valence-corrected chi connectivity index (χ0v) is 17.0. The average Bonchev–Trinajstić information content (AvgIpc) is 3.49. The molecule has 1 fully saturated rings. The number of benzene rings is 3. The van der Waals surface area contributed by atoms with Crippen molar-refractivity contribution in [2.75, 3.05) is 6.61 Å². The summed E-state index contributed by atoms with van der Waals surface area (Å²) >= 11 is 0. The van der Waals surface area contributed by atoms with E-state index in [4.69, 9.17) is 15.2 Å². The summed E-state index contributed by atoms with van der Waals surface area (Å²) in [5.74, 6) is -0.497. The molecule has 5 nitrogen and oxygen atoms in total. The zero-order chi connectivity index (χ0) is 21.1. The van der Waals surface area contributed by atoms with Gasteiger partial charge in [-0.05, 0) is 59.9 Å². The molecule has 2 atom stereocenters. The van der Waals surface area contributed by atoms with Crippen molar-refractivity contribution >= 4 is 22.6 Å². The number of rotatable bonds is 8. The molecule has 5 heteroatoms.